The maximum atomic E-state index is 14.4. The first-order valence-corrected chi connectivity index (χ1v) is 13.1. The normalized spacial score (nSPS) is 18.5. The summed E-state index contributed by atoms with van der Waals surface area (Å²) in [4.78, 5) is 6.94. The van der Waals surface area contributed by atoms with E-state index in [0.29, 0.717) is 0 Å². The molecular formula is C30H30F6N4. The van der Waals surface area contributed by atoms with Crippen LogP contribution in [0, 0.1) is 20.8 Å². The van der Waals surface area contributed by atoms with Gasteiger partial charge in [0, 0.05) is 13.1 Å². The van der Waals surface area contributed by atoms with Gasteiger partial charge in [-0.05, 0) is 43.9 Å². The summed E-state index contributed by atoms with van der Waals surface area (Å²) in [5, 5.41) is 0. The molecule has 40 heavy (non-hydrogen) atoms. The molecule has 0 bridgehead atoms. The van der Waals surface area contributed by atoms with Gasteiger partial charge in [-0.2, -0.15) is 26.3 Å². The van der Waals surface area contributed by atoms with Gasteiger partial charge in [-0.3, -0.25) is 4.90 Å². The summed E-state index contributed by atoms with van der Waals surface area (Å²) in [6.07, 6.45) is -1.89. The molecule has 1 aliphatic heterocycles. The minimum atomic E-state index is -4.84. The number of nitrogens with zero attached hydrogens (tertiary/aromatic N) is 4. The summed E-state index contributed by atoms with van der Waals surface area (Å²) in [6.45, 7) is 3.81. The summed E-state index contributed by atoms with van der Waals surface area (Å²) in [5.41, 5.74) is 2.93. The Morgan fingerprint density at radius 3 is 2.10 bits per heavy atom. The van der Waals surface area contributed by atoms with Gasteiger partial charge in [-0.15, -0.1) is 0 Å². The SMILES string of the molecule is Cc1cc(C)c(N2c3nc(C(F)(F)F)c(CN(CCc4ccccc4)CC(F)(F)F)n3C3C=CC=CC32)c(C)c1. The highest BCUT2D eigenvalue weighted by Gasteiger charge is 2.48. The highest BCUT2D eigenvalue weighted by atomic mass is 19.4. The highest BCUT2D eigenvalue weighted by molar-refractivity contribution is 5.71. The molecule has 1 aromatic heterocycles. The number of alkyl halides is 6. The van der Waals surface area contributed by atoms with Crippen molar-refractivity contribution in [1.29, 1.82) is 0 Å². The number of aryl methyl sites for hydroxylation is 3. The molecular weight excluding hydrogens is 530 g/mol. The van der Waals surface area contributed by atoms with Crippen LogP contribution in [0.25, 0.3) is 0 Å². The van der Waals surface area contributed by atoms with Crippen molar-refractivity contribution in [3.05, 3.63) is 100 Å². The van der Waals surface area contributed by atoms with Gasteiger partial charge in [-0.1, -0.05) is 72.3 Å². The van der Waals surface area contributed by atoms with Crippen LogP contribution in [0.2, 0.25) is 0 Å². The van der Waals surface area contributed by atoms with Crippen molar-refractivity contribution < 1.29 is 26.3 Å². The summed E-state index contributed by atoms with van der Waals surface area (Å²) in [6, 6.07) is 11.9. The van der Waals surface area contributed by atoms with Crippen LogP contribution in [0.5, 0.6) is 0 Å². The Bertz CT molecular complexity index is 1410. The van der Waals surface area contributed by atoms with Crippen LogP contribution < -0.4 is 4.90 Å². The quantitative estimate of drug-likeness (QED) is 0.278. The molecule has 0 spiro atoms. The molecule has 0 saturated carbocycles. The molecule has 0 amide bonds. The van der Waals surface area contributed by atoms with E-state index in [0.717, 1.165) is 32.8 Å². The zero-order valence-electron chi connectivity index (χ0n) is 22.4. The minimum absolute atomic E-state index is 0.0644. The first-order valence-electron chi connectivity index (χ1n) is 13.1. The minimum Gasteiger partial charge on any atom is -0.303 e. The molecule has 1 aliphatic carbocycles. The monoisotopic (exact) mass is 560 g/mol. The van der Waals surface area contributed by atoms with E-state index in [2.05, 4.69) is 4.98 Å². The van der Waals surface area contributed by atoms with Crippen LogP contribution in [-0.4, -0.2) is 39.8 Å². The number of anilines is 2. The Kier molecular flexibility index (Phi) is 7.33. The lowest BCUT2D eigenvalue weighted by Crippen LogP contribution is -2.37. The molecule has 0 saturated heterocycles. The number of allylic oxidation sites excluding steroid dienone is 2. The third-order valence-electron chi connectivity index (χ3n) is 7.36. The summed E-state index contributed by atoms with van der Waals surface area (Å²) >= 11 is 0. The zero-order valence-corrected chi connectivity index (χ0v) is 22.4. The smallest absolute Gasteiger partial charge is 0.303 e. The number of halogens is 6. The van der Waals surface area contributed by atoms with Crippen LogP contribution in [0.3, 0.4) is 0 Å². The molecule has 212 valence electrons. The van der Waals surface area contributed by atoms with Gasteiger partial charge in [0.2, 0.25) is 5.95 Å². The van der Waals surface area contributed by atoms with E-state index in [1.807, 2.05) is 45.1 Å². The molecule has 3 aromatic rings. The Morgan fingerprint density at radius 1 is 0.875 bits per heavy atom. The lowest BCUT2D eigenvalue weighted by atomic mass is 9.99. The number of aromatic nitrogens is 2. The largest absolute Gasteiger partial charge is 0.435 e. The van der Waals surface area contributed by atoms with E-state index in [9.17, 15) is 26.3 Å². The van der Waals surface area contributed by atoms with E-state index in [1.165, 1.54) is 4.57 Å². The average Bonchev–Trinajstić information content (AvgIpc) is 3.38. The van der Waals surface area contributed by atoms with Crippen molar-refractivity contribution in [3.8, 4) is 0 Å². The number of fused-ring (bicyclic) bond motifs is 3. The van der Waals surface area contributed by atoms with E-state index >= 15 is 0 Å². The lowest BCUT2D eigenvalue weighted by molar-refractivity contribution is -0.149. The first kappa shape index (κ1) is 28.0. The van der Waals surface area contributed by atoms with Crippen molar-refractivity contribution in [2.45, 2.75) is 58.2 Å². The van der Waals surface area contributed by atoms with Gasteiger partial charge in [-0.25, -0.2) is 4.98 Å². The van der Waals surface area contributed by atoms with Gasteiger partial charge in [0.15, 0.2) is 5.69 Å². The second kappa shape index (κ2) is 10.5. The summed E-state index contributed by atoms with van der Waals surface area (Å²) in [7, 11) is 0. The van der Waals surface area contributed by atoms with Crippen LogP contribution in [0.4, 0.5) is 38.0 Å². The van der Waals surface area contributed by atoms with Crippen molar-refractivity contribution in [3.63, 3.8) is 0 Å². The zero-order chi connectivity index (χ0) is 28.8. The van der Waals surface area contributed by atoms with Gasteiger partial charge in [0.05, 0.1) is 30.0 Å². The van der Waals surface area contributed by atoms with Crippen LogP contribution in [0.15, 0.2) is 66.8 Å². The number of hydrogen-bond donors (Lipinski definition) is 0. The fourth-order valence-electron chi connectivity index (χ4n) is 5.92. The van der Waals surface area contributed by atoms with E-state index in [4.69, 9.17) is 0 Å². The number of rotatable bonds is 7. The maximum absolute atomic E-state index is 14.4. The van der Waals surface area contributed by atoms with Gasteiger partial charge in [0.25, 0.3) is 0 Å². The Labute approximate surface area is 229 Å². The second-order valence-corrected chi connectivity index (χ2v) is 10.5. The molecule has 4 nitrogen and oxygen atoms in total. The maximum Gasteiger partial charge on any atom is 0.435 e. The molecule has 2 aliphatic rings. The van der Waals surface area contributed by atoms with E-state index in [1.54, 1.807) is 47.4 Å². The van der Waals surface area contributed by atoms with Gasteiger partial charge < -0.3 is 9.47 Å². The van der Waals surface area contributed by atoms with Crippen LogP contribution >= 0.6 is 0 Å². The molecule has 0 radical (unpaired) electrons. The fourth-order valence-corrected chi connectivity index (χ4v) is 5.92. The average molecular weight is 561 g/mol. The fraction of sp³-hybridized carbons (Fsp3) is 0.367. The number of imidazole rings is 1. The third-order valence-corrected chi connectivity index (χ3v) is 7.36. The second-order valence-electron chi connectivity index (χ2n) is 10.5. The van der Waals surface area contributed by atoms with E-state index < -0.39 is 37.2 Å². The van der Waals surface area contributed by atoms with Gasteiger partial charge >= 0.3 is 12.4 Å². The van der Waals surface area contributed by atoms with Crippen LogP contribution in [0.1, 0.15) is 39.7 Å². The van der Waals surface area contributed by atoms with Crippen molar-refractivity contribution in [2.24, 2.45) is 0 Å². The van der Waals surface area contributed by atoms with E-state index in [-0.39, 0.29) is 30.6 Å². The molecule has 5 rings (SSSR count). The predicted molar refractivity (Wildman–Crippen MR) is 143 cm³/mol. The summed E-state index contributed by atoms with van der Waals surface area (Å²) < 4.78 is 85.7. The molecule has 2 atom stereocenters. The number of hydrogen-bond acceptors (Lipinski definition) is 3. The molecule has 10 heteroatoms. The Hall–Kier alpha value is -3.53. The highest BCUT2D eigenvalue weighted by Crippen LogP contribution is 2.48. The molecule has 0 fully saturated rings. The Balaban J connectivity index is 1.62. The molecule has 2 heterocycles. The van der Waals surface area contributed by atoms with Crippen LogP contribution in [-0.2, 0) is 19.1 Å². The molecule has 2 aromatic carbocycles. The molecule has 0 N–H and O–H groups in total. The predicted octanol–water partition coefficient (Wildman–Crippen LogP) is 7.62. The standard InChI is InChI=1S/C30H30F6N4/c1-19-15-20(2)26(21(3)16-19)40-24-12-8-7-11-23(24)39-25(27(30(34,35)36)37-28(39)40)17-38(18-29(31,32)33)14-13-22-9-5-4-6-10-22/h4-12,15-16,23-24H,13-14,17-18H2,1-3H3. The third kappa shape index (κ3) is 5.54. The summed E-state index contributed by atoms with van der Waals surface area (Å²) in [5.74, 6) is 0.0820. The van der Waals surface area contributed by atoms with Crippen molar-refractivity contribution in [2.75, 3.05) is 18.0 Å². The first-order chi connectivity index (χ1) is 18.8. The van der Waals surface area contributed by atoms with Crippen molar-refractivity contribution >= 4 is 11.6 Å². The lowest BCUT2D eigenvalue weighted by Gasteiger charge is -2.30. The molecule has 2 unspecified atom stereocenters. The van der Waals surface area contributed by atoms with Crippen molar-refractivity contribution in [1.82, 2.24) is 14.5 Å². The number of benzene rings is 2. The Morgan fingerprint density at radius 2 is 1.50 bits per heavy atom. The van der Waals surface area contributed by atoms with Gasteiger partial charge in [0.1, 0.15) is 0 Å². The topological polar surface area (TPSA) is 24.3 Å².